The van der Waals surface area contributed by atoms with Crippen LogP contribution in [0.3, 0.4) is 0 Å². The normalized spacial score (nSPS) is 11.3. The molecule has 0 aliphatic heterocycles. The fourth-order valence-corrected chi connectivity index (χ4v) is 1.75. The van der Waals surface area contributed by atoms with Gasteiger partial charge in [-0.3, -0.25) is 4.79 Å². The number of hydrogen-bond acceptors (Lipinski definition) is 2. The second-order valence-electron chi connectivity index (χ2n) is 3.78. The predicted octanol–water partition coefficient (Wildman–Crippen LogP) is 3.85. The van der Waals surface area contributed by atoms with Gasteiger partial charge in [-0.2, -0.15) is 0 Å². The monoisotopic (exact) mass is 258 g/mol. The molecule has 1 N–H and O–H groups in total. The zero-order valence-corrected chi connectivity index (χ0v) is 10.3. The van der Waals surface area contributed by atoms with E-state index in [-0.39, 0.29) is 16.6 Å². The van der Waals surface area contributed by atoms with E-state index in [1.165, 1.54) is 12.1 Å². The van der Waals surface area contributed by atoms with E-state index >= 15 is 0 Å². The molecule has 0 spiro atoms. The lowest BCUT2D eigenvalue weighted by atomic mass is 10.1. The first kappa shape index (κ1) is 12.4. The molecule has 0 amide bonds. The molecule has 0 fully saturated rings. The van der Waals surface area contributed by atoms with E-state index in [2.05, 4.69) is 0 Å². The molecule has 0 aromatic heterocycles. The van der Waals surface area contributed by atoms with Crippen molar-refractivity contribution in [3.63, 3.8) is 0 Å². The highest BCUT2D eigenvalue weighted by atomic mass is 35.5. The third kappa shape index (κ3) is 2.99. The Labute approximate surface area is 110 Å². The highest BCUT2D eigenvalue weighted by molar-refractivity contribution is 6.47. The Morgan fingerprint density at radius 2 is 1.61 bits per heavy atom. The number of allylic oxidation sites excluding steroid dienone is 1. The van der Waals surface area contributed by atoms with E-state index in [0.717, 1.165) is 5.56 Å². The molecular weight excluding hydrogens is 248 g/mol. The quantitative estimate of drug-likeness (QED) is 0.671. The van der Waals surface area contributed by atoms with E-state index in [1.807, 2.05) is 30.3 Å². The van der Waals surface area contributed by atoms with Crippen LogP contribution in [0.25, 0.3) is 6.08 Å². The maximum atomic E-state index is 12.0. The van der Waals surface area contributed by atoms with Crippen LogP contribution in [0.5, 0.6) is 5.75 Å². The van der Waals surface area contributed by atoms with Crippen molar-refractivity contribution in [1.82, 2.24) is 0 Å². The molecule has 0 unspecified atom stereocenters. The molecule has 2 aromatic carbocycles. The van der Waals surface area contributed by atoms with Crippen molar-refractivity contribution in [1.29, 1.82) is 0 Å². The first-order valence-electron chi connectivity index (χ1n) is 5.43. The van der Waals surface area contributed by atoms with Crippen LogP contribution in [-0.2, 0) is 0 Å². The molecule has 2 nitrogen and oxygen atoms in total. The van der Waals surface area contributed by atoms with Crippen molar-refractivity contribution >= 4 is 23.5 Å². The molecule has 0 radical (unpaired) electrons. The molecule has 90 valence electrons. The minimum Gasteiger partial charge on any atom is -0.508 e. The van der Waals surface area contributed by atoms with Gasteiger partial charge < -0.3 is 5.11 Å². The number of ketones is 1. The number of carbonyl (C=O) groups is 1. The van der Waals surface area contributed by atoms with E-state index in [1.54, 1.807) is 18.2 Å². The summed E-state index contributed by atoms with van der Waals surface area (Å²) in [5, 5.41) is 9.30. The Morgan fingerprint density at radius 3 is 2.22 bits per heavy atom. The SMILES string of the molecule is O=C(C(Cl)=Cc1ccccc1)c1ccc(O)cc1. The Bertz CT molecular complexity index is 571. The molecule has 0 saturated heterocycles. The summed E-state index contributed by atoms with van der Waals surface area (Å²) in [4.78, 5) is 12.0. The molecule has 3 heteroatoms. The zero-order valence-electron chi connectivity index (χ0n) is 9.51. The number of carbonyl (C=O) groups excluding carboxylic acids is 1. The third-order valence-electron chi connectivity index (χ3n) is 2.44. The topological polar surface area (TPSA) is 37.3 Å². The molecular formula is C15H11ClO2. The fourth-order valence-electron chi connectivity index (χ4n) is 1.51. The van der Waals surface area contributed by atoms with E-state index in [0.29, 0.717) is 5.56 Å². The smallest absolute Gasteiger partial charge is 0.204 e. The van der Waals surface area contributed by atoms with Crippen LogP contribution in [0.2, 0.25) is 0 Å². The standard InChI is InChI=1S/C15H11ClO2/c16-14(10-11-4-2-1-3-5-11)15(18)12-6-8-13(17)9-7-12/h1-10,17H. The Kier molecular flexibility index (Phi) is 3.80. The molecule has 2 aromatic rings. The average Bonchev–Trinajstić information content (AvgIpc) is 2.40. The van der Waals surface area contributed by atoms with Crippen LogP contribution >= 0.6 is 11.6 Å². The van der Waals surface area contributed by atoms with Gasteiger partial charge in [0.25, 0.3) is 0 Å². The van der Waals surface area contributed by atoms with Crippen LogP contribution in [-0.4, -0.2) is 10.9 Å². The summed E-state index contributed by atoms with van der Waals surface area (Å²) in [6.07, 6.45) is 1.62. The van der Waals surface area contributed by atoms with Gasteiger partial charge in [-0.15, -0.1) is 0 Å². The number of halogens is 1. The summed E-state index contributed by atoms with van der Waals surface area (Å²) in [5.74, 6) is -0.143. The van der Waals surface area contributed by atoms with E-state index < -0.39 is 0 Å². The summed E-state index contributed by atoms with van der Waals surface area (Å²) in [5.41, 5.74) is 1.32. The van der Waals surface area contributed by atoms with E-state index in [4.69, 9.17) is 16.7 Å². The van der Waals surface area contributed by atoms with E-state index in [9.17, 15) is 4.79 Å². The highest BCUT2D eigenvalue weighted by Crippen LogP contribution is 2.18. The van der Waals surface area contributed by atoms with Gasteiger partial charge >= 0.3 is 0 Å². The van der Waals surface area contributed by atoms with Gasteiger partial charge in [0.15, 0.2) is 0 Å². The van der Waals surface area contributed by atoms with Crippen LogP contribution in [0.15, 0.2) is 59.6 Å². The summed E-state index contributed by atoms with van der Waals surface area (Å²) < 4.78 is 0. The number of benzene rings is 2. The number of aromatic hydroxyl groups is 1. The summed E-state index contributed by atoms with van der Waals surface area (Å²) in [6, 6.07) is 15.4. The largest absolute Gasteiger partial charge is 0.508 e. The molecule has 0 aliphatic rings. The second kappa shape index (κ2) is 5.52. The van der Waals surface area contributed by atoms with Gasteiger partial charge in [0.05, 0.1) is 5.03 Å². The number of Topliss-reactive ketones (excluding diaryl/α,β-unsaturated/α-hetero) is 1. The minimum absolute atomic E-state index is 0.120. The van der Waals surface area contributed by atoms with Crippen molar-refractivity contribution in [2.75, 3.05) is 0 Å². The molecule has 0 saturated carbocycles. The summed E-state index contributed by atoms with van der Waals surface area (Å²) in [6.45, 7) is 0. The number of phenolic OH excluding ortho intramolecular Hbond substituents is 1. The summed E-state index contributed by atoms with van der Waals surface area (Å²) in [7, 11) is 0. The average molecular weight is 259 g/mol. The van der Waals surface area contributed by atoms with Gasteiger partial charge in [-0.05, 0) is 35.9 Å². The van der Waals surface area contributed by atoms with Gasteiger partial charge in [-0.1, -0.05) is 41.9 Å². The van der Waals surface area contributed by atoms with Gasteiger partial charge in [0.1, 0.15) is 5.75 Å². The van der Waals surface area contributed by atoms with Crippen molar-refractivity contribution in [3.8, 4) is 5.75 Å². The maximum Gasteiger partial charge on any atom is 0.204 e. The van der Waals surface area contributed by atoms with Crippen molar-refractivity contribution in [2.45, 2.75) is 0 Å². The number of hydrogen-bond donors (Lipinski definition) is 1. The van der Waals surface area contributed by atoms with Crippen molar-refractivity contribution < 1.29 is 9.90 Å². The van der Waals surface area contributed by atoms with Crippen molar-refractivity contribution in [2.24, 2.45) is 0 Å². The molecule has 2 rings (SSSR count). The second-order valence-corrected chi connectivity index (χ2v) is 4.19. The van der Waals surface area contributed by atoms with Crippen LogP contribution in [0.4, 0.5) is 0 Å². The zero-order chi connectivity index (χ0) is 13.0. The lowest BCUT2D eigenvalue weighted by Gasteiger charge is -2.00. The summed E-state index contributed by atoms with van der Waals surface area (Å²) >= 11 is 5.99. The molecule has 18 heavy (non-hydrogen) atoms. The van der Waals surface area contributed by atoms with Gasteiger partial charge in [-0.25, -0.2) is 0 Å². The highest BCUT2D eigenvalue weighted by Gasteiger charge is 2.09. The first-order chi connectivity index (χ1) is 8.66. The predicted molar refractivity (Wildman–Crippen MR) is 72.7 cm³/mol. The number of phenols is 1. The third-order valence-corrected chi connectivity index (χ3v) is 2.72. The van der Waals surface area contributed by atoms with Crippen LogP contribution in [0.1, 0.15) is 15.9 Å². The van der Waals surface area contributed by atoms with Crippen molar-refractivity contribution in [3.05, 3.63) is 70.8 Å². The first-order valence-corrected chi connectivity index (χ1v) is 5.80. The van der Waals surface area contributed by atoms with Crippen LogP contribution in [0, 0.1) is 0 Å². The molecule has 0 atom stereocenters. The lowest BCUT2D eigenvalue weighted by molar-refractivity contribution is 0.104. The van der Waals surface area contributed by atoms with Gasteiger partial charge in [0, 0.05) is 5.56 Å². The Morgan fingerprint density at radius 1 is 1.00 bits per heavy atom. The maximum absolute atomic E-state index is 12.0. The molecule has 0 bridgehead atoms. The number of rotatable bonds is 3. The Balaban J connectivity index is 2.24. The Hall–Kier alpha value is -2.06. The van der Waals surface area contributed by atoms with Gasteiger partial charge in [0.2, 0.25) is 5.78 Å². The fraction of sp³-hybridized carbons (Fsp3) is 0. The molecule has 0 heterocycles. The minimum atomic E-state index is -0.263. The van der Waals surface area contributed by atoms with Crippen LogP contribution < -0.4 is 0 Å². The lowest BCUT2D eigenvalue weighted by Crippen LogP contribution is -1.98. The molecule has 0 aliphatic carbocycles.